The number of carbonyl (C=O) groups excluding carboxylic acids is 1. The van der Waals surface area contributed by atoms with Crippen LogP contribution in [-0.4, -0.2) is 52.2 Å². The molecule has 1 aromatic heterocycles. The predicted octanol–water partition coefficient (Wildman–Crippen LogP) is 2.64. The fourth-order valence-electron chi connectivity index (χ4n) is 3.46. The van der Waals surface area contributed by atoms with E-state index in [0.29, 0.717) is 17.1 Å². The number of piperidine rings is 1. The first-order chi connectivity index (χ1) is 14.4. The summed E-state index contributed by atoms with van der Waals surface area (Å²) in [5.74, 6) is 0.413. The average molecular weight is 433 g/mol. The standard InChI is InChI=1S/C21H28N4O4S/c1-16(15-29-2)24-30(27,28)18-10-8-17(9-11-18)23-21(26)19-7-6-12-22-20(19)25-13-4-3-5-14-25/h6-12,16,24H,3-5,13-15H2,1-2H3,(H,23,26). The molecule has 30 heavy (non-hydrogen) atoms. The Morgan fingerprint density at radius 2 is 1.87 bits per heavy atom. The minimum absolute atomic E-state index is 0.124. The number of aromatic nitrogens is 1. The van der Waals surface area contributed by atoms with Crippen LogP contribution in [0.5, 0.6) is 0 Å². The number of hydrogen-bond acceptors (Lipinski definition) is 6. The van der Waals surface area contributed by atoms with Gasteiger partial charge in [0.25, 0.3) is 5.91 Å². The highest BCUT2D eigenvalue weighted by Crippen LogP contribution is 2.23. The number of rotatable bonds is 8. The van der Waals surface area contributed by atoms with Crippen LogP contribution in [0.3, 0.4) is 0 Å². The van der Waals surface area contributed by atoms with Crippen molar-refractivity contribution in [2.75, 3.05) is 37.0 Å². The van der Waals surface area contributed by atoms with Crippen LogP contribution in [0.2, 0.25) is 0 Å². The van der Waals surface area contributed by atoms with Gasteiger partial charge in [0.1, 0.15) is 5.82 Å². The number of nitrogens with zero attached hydrogens (tertiary/aromatic N) is 2. The van der Waals surface area contributed by atoms with Gasteiger partial charge in [-0.15, -0.1) is 0 Å². The number of nitrogens with one attached hydrogen (secondary N) is 2. The van der Waals surface area contributed by atoms with Gasteiger partial charge in [0.05, 0.1) is 17.1 Å². The number of benzene rings is 1. The first-order valence-corrected chi connectivity index (χ1v) is 11.5. The molecule has 1 amide bonds. The van der Waals surface area contributed by atoms with E-state index in [4.69, 9.17) is 4.74 Å². The Morgan fingerprint density at radius 1 is 1.17 bits per heavy atom. The topological polar surface area (TPSA) is 101 Å². The second-order valence-corrected chi connectivity index (χ2v) is 9.09. The number of methoxy groups -OCH3 is 1. The van der Waals surface area contributed by atoms with Crippen molar-refractivity contribution in [3.05, 3.63) is 48.2 Å². The lowest BCUT2D eigenvalue weighted by molar-refractivity contribution is 0.102. The Balaban J connectivity index is 1.71. The highest BCUT2D eigenvalue weighted by molar-refractivity contribution is 7.89. The highest BCUT2D eigenvalue weighted by atomic mass is 32.2. The number of amides is 1. The highest BCUT2D eigenvalue weighted by Gasteiger charge is 2.20. The van der Waals surface area contributed by atoms with Crippen LogP contribution in [0, 0.1) is 0 Å². The number of anilines is 2. The maximum Gasteiger partial charge on any atom is 0.259 e. The molecule has 0 aliphatic carbocycles. The van der Waals surface area contributed by atoms with E-state index < -0.39 is 10.0 Å². The van der Waals surface area contributed by atoms with Crippen molar-refractivity contribution >= 4 is 27.4 Å². The number of pyridine rings is 1. The second kappa shape index (κ2) is 10.0. The largest absolute Gasteiger partial charge is 0.383 e. The Bertz CT molecular complexity index is 957. The fraction of sp³-hybridized carbons (Fsp3) is 0.429. The Labute approximate surface area is 177 Å². The molecule has 2 heterocycles. The SMILES string of the molecule is COCC(C)NS(=O)(=O)c1ccc(NC(=O)c2cccnc2N2CCCCC2)cc1. The molecule has 1 atom stereocenters. The smallest absolute Gasteiger partial charge is 0.259 e. The van der Waals surface area contributed by atoms with Gasteiger partial charge in [-0.3, -0.25) is 4.79 Å². The second-order valence-electron chi connectivity index (χ2n) is 7.38. The van der Waals surface area contributed by atoms with E-state index in [0.717, 1.165) is 25.9 Å². The third kappa shape index (κ3) is 5.56. The van der Waals surface area contributed by atoms with Gasteiger partial charge in [0.2, 0.25) is 10.0 Å². The molecule has 0 spiro atoms. The number of hydrogen-bond donors (Lipinski definition) is 2. The molecule has 0 saturated carbocycles. The molecule has 0 bridgehead atoms. The molecule has 1 fully saturated rings. The van der Waals surface area contributed by atoms with E-state index in [1.807, 2.05) is 0 Å². The van der Waals surface area contributed by atoms with Crippen LogP contribution in [0.1, 0.15) is 36.5 Å². The lowest BCUT2D eigenvalue weighted by atomic mass is 10.1. The van der Waals surface area contributed by atoms with Crippen LogP contribution in [0.4, 0.5) is 11.5 Å². The average Bonchev–Trinajstić information content (AvgIpc) is 2.74. The molecule has 1 aliphatic rings. The molecule has 9 heteroatoms. The van der Waals surface area contributed by atoms with Crippen molar-refractivity contribution in [2.45, 2.75) is 37.1 Å². The molecule has 2 N–H and O–H groups in total. The normalized spacial score (nSPS) is 15.6. The van der Waals surface area contributed by atoms with Crippen molar-refractivity contribution in [1.82, 2.24) is 9.71 Å². The molecule has 8 nitrogen and oxygen atoms in total. The van der Waals surface area contributed by atoms with E-state index in [1.54, 1.807) is 37.4 Å². The molecule has 3 rings (SSSR count). The maximum atomic E-state index is 12.9. The molecule has 1 saturated heterocycles. The minimum atomic E-state index is -3.66. The zero-order chi connectivity index (χ0) is 21.6. The van der Waals surface area contributed by atoms with Crippen LogP contribution in [0.25, 0.3) is 0 Å². The van der Waals surface area contributed by atoms with E-state index in [1.165, 1.54) is 25.7 Å². The summed E-state index contributed by atoms with van der Waals surface area (Å²) in [7, 11) is -2.14. The Kier molecular flexibility index (Phi) is 7.41. The van der Waals surface area contributed by atoms with Gasteiger partial charge in [-0.1, -0.05) is 0 Å². The third-order valence-electron chi connectivity index (χ3n) is 4.88. The van der Waals surface area contributed by atoms with Crippen molar-refractivity contribution in [3.63, 3.8) is 0 Å². The monoisotopic (exact) mass is 432 g/mol. The van der Waals surface area contributed by atoms with Gasteiger partial charge < -0.3 is 15.0 Å². The number of sulfonamides is 1. The van der Waals surface area contributed by atoms with Gasteiger partial charge in [-0.25, -0.2) is 18.1 Å². The zero-order valence-electron chi connectivity index (χ0n) is 17.3. The van der Waals surface area contributed by atoms with Crippen molar-refractivity contribution < 1.29 is 17.9 Å². The van der Waals surface area contributed by atoms with E-state index in [2.05, 4.69) is 19.9 Å². The van der Waals surface area contributed by atoms with E-state index in [-0.39, 0.29) is 23.5 Å². The number of carbonyl (C=O) groups is 1. The number of ether oxygens (including phenoxy) is 1. The summed E-state index contributed by atoms with van der Waals surface area (Å²) < 4.78 is 32.4. The minimum Gasteiger partial charge on any atom is -0.383 e. The van der Waals surface area contributed by atoms with Crippen molar-refractivity contribution in [3.8, 4) is 0 Å². The van der Waals surface area contributed by atoms with Gasteiger partial charge in [-0.05, 0) is 62.6 Å². The molecule has 2 aromatic rings. The van der Waals surface area contributed by atoms with Gasteiger partial charge in [0.15, 0.2) is 0 Å². The lowest BCUT2D eigenvalue weighted by Gasteiger charge is -2.29. The molecule has 1 aliphatic heterocycles. The molecule has 0 radical (unpaired) electrons. The zero-order valence-corrected chi connectivity index (χ0v) is 18.1. The summed E-state index contributed by atoms with van der Waals surface area (Å²) in [4.78, 5) is 19.5. The summed E-state index contributed by atoms with van der Waals surface area (Å²) in [5.41, 5.74) is 1.02. The van der Waals surface area contributed by atoms with Crippen LogP contribution < -0.4 is 14.9 Å². The quantitative estimate of drug-likeness (QED) is 0.665. The summed E-state index contributed by atoms with van der Waals surface area (Å²) in [6.45, 7) is 3.78. The third-order valence-corrected chi connectivity index (χ3v) is 6.49. The molecular formula is C21H28N4O4S. The van der Waals surface area contributed by atoms with Crippen molar-refractivity contribution in [2.24, 2.45) is 0 Å². The maximum absolute atomic E-state index is 12.9. The summed E-state index contributed by atoms with van der Waals surface area (Å²) in [5, 5.41) is 2.84. The summed E-state index contributed by atoms with van der Waals surface area (Å²) in [6, 6.07) is 9.22. The Hall–Kier alpha value is -2.49. The molecular weight excluding hydrogens is 404 g/mol. The molecule has 1 aromatic carbocycles. The summed E-state index contributed by atoms with van der Waals surface area (Å²) >= 11 is 0. The van der Waals surface area contributed by atoms with Crippen LogP contribution in [0.15, 0.2) is 47.5 Å². The first-order valence-electron chi connectivity index (χ1n) is 10.0. The fourth-order valence-corrected chi connectivity index (χ4v) is 4.69. The van der Waals surface area contributed by atoms with E-state index in [9.17, 15) is 13.2 Å². The predicted molar refractivity (Wildman–Crippen MR) is 116 cm³/mol. The first kappa shape index (κ1) is 22.2. The van der Waals surface area contributed by atoms with Gasteiger partial charge in [0, 0.05) is 38.1 Å². The van der Waals surface area contributed by atoms with Crippen LogP contribution >= 0.6 is 0 Å². The molecule has 1 unspecified atom stereocenters. The van der Waals surface area contributed by atoms with Crippen molar-refractivity contribution in [1.29, 1.82) is 0 Å². The Morgan fingerprint density at radius 3 is 2.53 bits per heavy atom. The summed E-state index contributed by atoms with van der Waals surface area (Å²) in [6.07, 6.45) is 5.06. The molecule has 162 valence electrons. The van der Waals surface area contributed by atoms with Gasteiger partial charge in [-0.2, -0.15) is 0 Å². The van der Waals surface area contributed by atoms with E-state index >= 15 is 0 Å². The lowest BCUT2D eigenvalue weighted by Crippen LogP contribution is -2.35. The van der Waals surface area contributed by atoms with Crippen LogP contribution in [-0.2, 0) is 14.8 Å². The van der Waals surface area contributed by atoms with Gasteiger partial charge >= 0.3 is 0 Å².